The van der Waals surface area contributed by atoms with Crippen molar-refractivity contribution in [2.75, 3.05) is 19.7 Å². The van der Waals surface area contributed by atoms with Crippen LogP contribution in [0.25, 0.3) is 11.0 Å². The minimum atomic E-state index is -0.234. The van der Waals surface area contributed by atoms with E-state index >= 15 is 0 Å². The fraction of sp³-hybridized carbons (Fsp3) is 0.588. The topological polar surface area (TPSA) is 60.2 Å². The molecule has 3 heterocycles. The van der Waals surface area contributed by atoms with Crippen molar-refractivity contribution in [1.29, 1.82) is 0 Å². The smallest absolute Gasteiger partial charge is 0.409 e. The van der Waals surface area contributed by atoms with Gasteiger partial charge in [-0.25, -0.2) is 9.78 Å². The molecule has 124 valence electrons. The van der Waals surface area contributed by atoms with Crippen LogP contribution in [-0.2, 0) is 10.2 Å². The standard InChI is InChI=1S/C17H24N4O2/c1-5-17(3,4)15-7-14-13(8-18-15)19-11-21(14)12-9-20(10-12)16(22)23-6-2/h7-8,11-12H,5-6,9-10H2,1-4H3. The van der Waals surface area contributed by atoms with Crippen LogP contribution in [0.4, 0.5) is 4.79 Å². The van der Waals surface area contributed by atoms with Gasteiger partial charge in [-0.15, -0.1) is 0 Å². The van der Waals surface area contributed by atoms with Crippen LogP contribution in [0.2, 0.25) is 0 Å². The molecule has 1 aliphatic heterocycles. The van der Waals surface area contributed by atoms with Crippen molar-refractivity contribution in [3.63, 3.8) is 0 Å². The van der Waals surface area contributed by atoms with E-state index in [9.17, 15) is 4.79 Å². The molecule has 0 saturated carbocycles. The van der Waals surface area contributed by atoms with Gasteiger partial charge in [0.05, 0.1) is 30.7 Å². The normalized spacial score (nSPS) is 15.7. The number of amides is 1. The second kappa shape index (κ2) is 5.83. The average Bonchev–Trinajstić information content (AvgIpc) is 2.89. The minimum absolute atomic E-state index is 0.0415. The van der Waals surface area contributed by atoms with Gasteiger partial charge in [0, 0.05) is 24.2 Å². The molecule has 2 aromatic heterocycles. The van der Waals surface area contributed by atoms with Crippen LogP contribution in [0, 0.1) is 0 Å². The van der Waals surface area contributed by atoms with Crippen molar-refractivity contribution < 1.29 is 9.53 Å². The first-order valence-electron chi connectivity index (χ1n) is 8.21. The van der Waals surface area contributed by atoms with Gasteiger partial charge in [-0.05, 0) is 19.4 Å². The van der Waals surface area contributed by atoms with Gasteiger partial charge in [-0.1, -0.05) is 20.8 Å². The summed E-state index contributed by atoms with van der Waals surface area (Å²) in [4.78, 5) is 22.4. The third-order valence-corrected chi connectivity index (χ3v) is 4.82. The second-order valence-corrected chi connectivity index (χ2v) is 6.71. The predicted octanol–water partition coefficient (Wildman–Crippen LogP) is 3.13. The van der Waals surface area contributed by atoms with Crippen LogP contribution in [0.15, 0.2) is 18.6 Å². The van der Waals surface area contributed by atoms with Crippen molar-refractivity contribution in [1.82, 2.24) is 19.4 Å². The SMILES string of the molecule is CCOC(=O)N1CC(n2cnc3cnc(C(C)(C)CC)cc32)C1. The van der Waals surface area contributed by atoms with Gasteiger partial charge in [-0.3, -0.25) is 4.98 Å². The molecule has 0 spiro atoms. The number of rotatable bonds is 4. The highest BCUT2D eigenvalue weighted by Gasteiger charge is 2.33. The zero-order chi connectivity index (χ0) is 16.6. The third-order valence-electron chi connectivity index (χ3n) is 4.82. The molecule has 1 fully saturated rings. The Morgan fingerprint density at radius 1 is 1.35 bits per heavy atom. The number of ether oxygens (including phenoxy) is 1. The van der Waals surface area contributed by atoms with Crippen molar-refractivity contribution in [2.45, 2.75) is 45.6 Å². The Balaban J connectivity index is 1.83. The van der Waals surface area contributed by atoms with Gasteiger partial charge in [0.2, 0.25) is 0 Å². The Morgan fingerprint density at radius 2 is 2.09 bits per heavy atom. The van der Waals surface area contributed by atoms with Crippen molar-refractivity contribution >= 4 is 17.1 Å². The van der Waals surface area contributed by atoms with E-state index in [2.05, 4.69) is 41.4 Å². The zero-order valence-corrected chi connectivity index (χ0v) is 14.2. The second-order valence-electron chi connectivity index (χ2n) is 6.71. The number of hydrogen-bond donors (Lipinski definition) is 0. The third kappa shape index (κ3) is 2.78. The molecule has 0 unspecified atom stereocenters. The molecule has 1 amide bonds. The van der Waals surface area contributed by atoms with Gasteiger partial charge in [-0.2, -0.15) is 0 Å². The molecule has 0 radical (unpaired) electrons. The van der Waals surface area contributed by atoms with E-state index < -0.39 is 0 Å². The van der Waals surface area contributed by atoms with Crippen molar-refractivity contribution in [3.8, 4) is 0 Å². The zero-order valence-electron chi connectivity index (χ0n) is 14.2. The first-order valence-corrected chi connectivity index (χ1v) is 8.21. The Kier molecular flexibility index (Phi) is 4.00. The number of fused-ring (bicyclic) bond motifs is 1. The fourth-order valence-corrected chi connectivity index (χ4v) is 2.77. The molecule has 1 aliphatic rings. The summed E-state index contributed by atoms with van der Waals surface area (Å²) < 4.78 is 7.18. The predicted molar refractivity (Wildman–Crippen MR) is 88.5 cm³/mol. The molecule has 6 nitrogen and oxygen atoms in total. The highest BCUT2D eigenvalue weighted by Crippen LogP contribution is 2.30. The fourth-order valence-electron chi connectivity index (χ4n) is 2.77. The lowest BCUT2D eigenvalue weighted by Crippen LogP contribution is -2.50. The number of imidazole rings is 1. The van der Waals surface area contributed by atoms with Gasteiger partial charge >= 0.3 is 6.09 Å². The molecule has 2 aromatic rings. The van der Waals surface area contributed by atoms with Crippen molar-refractivity contribution in [3.05, 3.63) is 24.3 Å². The monoisotopic (exact) mass is 316 g/mol. The summed E-state index contributed by atoms with van der Waals surface area (Å²) >= 11 is 0. The van der Waals surface area contributed by atoms with Crippen LogP contribution < -0.4 is 0 Å². The number of pyridine rings is 1. The first-order chi connectivity index (χ1) is 11.0. The lowest BCUT2D eigenvalue weighted by Gasteiger charge is -2.39. The number of likely N-dealkylation sites (tertiary alicyclic amines) is 1. The van der Waals surface area contributed by atoms with Crippen LogP contribution in [0.5, 0.6) is 0 Å². The summed E-state index contributed by atoms with van der Waals surface area (Å²) in [6.07, 6.45) is 4.49. The number of nitrogens with zero attached hydrogens (tertiary/aromatic N) is 4. The maximum absolute atomic E-state index is 11.7. The summed E-state index contributed by atoms with van der Waals surface area (Å²) in [6, 6.07) is 2.39. The lowest BCUT2D eigenvalue weighted by atomic mass is 9.86. The minimum Gasteiger partial charge on any atom is -0.450 e. The highest BCUT2D eigenvalue weighted by atomic mass is 16.6. The van der Waals surface area contributed by atoms with Gasteiger partial charge in [0.1, 0.15) is 5.52 Å². The van der Waals surface area contributed by atoms with E-state index in [4.69, 9.17) is 4.74 Å². The van der Waals surface area contributed by atoms with Crippen LogP contribution in [-0.4, -0.2) is 45.2 Å². The van der Waals surface area contributed by atoms with E-state index in [1.807, 2.05) is 19.4 Å². The van der Waals surface area contributed by atoms with Crippen molar-refractivity contribution in [2.24, 2.45) is 0 Å². The number of aromatic nitrogens is 3. The van der Waals surface area contributed by atoms with Gasteiger partial charge in [0.15, 0.2) is 0 Å². The van der Waals surface area contributed by atoms with Gasteiger partial charge in [0.25, 0.3) is 0 Å². The summed E-state index contributed by atoms with van der Waals surface area (Å²) in [7, 11) is 0. The summed E-state index contributed by atoms with van der Waals surface area (Å²) in [6.45, 7) is 10.1. The molecule has 1 saturated heterocycles. The Bertz CT molecular complexity index is 716. The highest BCUT2D eigenvalue weighted by molar-refractivity contribution is 5.75. The Morgan fingerprint density at radius 3 is 2.74 bits per heavy atom. The summed E-state index contributed by atoms with van der Waals surface area (Å²) in [5.41, 5.74) is 3.11. The lowest BCUT2D eigenvalue weighted by molar-refractivity contribution is 0.0612. The largest absolute Gasteiger partial charge is 0.450 e. The van der Waals surface area contributed by atoms with E-state index in [1.54, 1.807) is 4.90 Å². The molecule has 0 atom stereocenters. The Labute approximate surface area is 136 Å². The van der Waals surface area contributed by atoms with E-state index in [1.165, 1.54) is 0 Å². The number of carbonyl (C=O) groups excluding carboxylic acids is 1. The molecule has 0 bridgehead atoms. The quantitative estimate of drug-likeness (QED) is 0.869. The van der Waals surface area contributed by atoms with Crippen LogP contribution in [0.3, 0.4) is 0 Å². The van der Waals surface area contributed by atoms with Crippen LogP contribution >= 0.6 is 0 Å². The maximum Gasteiger partial charge on any atom is 0.409 e. The average molecular weight is 316 g/mol. The van der Waals surface area contributed by atoms with E-state index in [0.717, 1.165) is 23.1 Å². The molecule has 6 heteroatoms. The molecule has 0 N–H and O–H groups in total. The summed E-state index contributed by atoms with van der Waals surface area (Å²) in [5, 5.41) is 0. The maximum atomic E-state index is 11.7. The van der Waals surface area contributed by atoms with Crippen LogP contribution in [0.1, 0.15) is 45.9 Å². The number of carbonyl (C=O) groups is 1. The molecule has 3 rings (SSSR count). The number of hydrogen-bond acceptors (Lipinski definition) is 4. The molecule has 0 aromatic carbocycles. The first kappa shape index (κ1) is 15.8. The van der Waals surface area contributed by atoms with E-state index in [-0.39, 0.29) is 17.6 Å². The molecular weight excluding hydrogens is 292 g/mol. The molecule has 23 heavy (non-hydrogen) atoms. The molecular formula is C17H24N4O2. The Hall–Kier alpha value is -2.11. The summed E-state index contributed by atoms with van der Waals surface area (Å²) in [5.74, 6) is 0. The molecule has 0 aliphatic carbocycles. The van der Waals surface area contributed by atoms with Gasteiger partial charge < -0.3 is 14.2 Å². The van der Waals surface area contributed by atoms with E-state index in [0.29, 0.717) is 19.7 Å².